The predicted molar refractivity (Wildman–Crippen MR) is 93.8 cm³/mol. The fourth-order valence-electron chi connectivity index (χ4n) is 3.61. The zero-order valence-corrected chi connectivity index (χ0v) is 16.2. The van der Waals surface area contributed by atoms with Crippen molar-refractivity contribution in [2.45, 2.75) is 76.2 Å². The van der Waals surface area contributed by atoms with Gasteiger partial charge >= 0.3 is 0 Å². The van der Waals surface area contributed by atoms with E-state index in [1.165, 1.54) is 0 Å². The zero-order chi connectivity index (χ0) is 16.2. The SMILES string of the molecule is CC(C)[C@@H](C)[C@H](C)[C@@H](C)C(C)C(C)[C@H](C)[C@H](C)C(C)C. The Hall–Kier alpha value is 0. The largest absolute Gasteiger partial charge is 0.0625 e. The molecular weight excluding hydrogens is 240 g/mol. The first kappa shape index (κ1) is 20.0. The molecule has 122 valence electrons. The van der Waals surface area contributed by atoms with E-state index in [1.54, 1.807) is 0 Å². The molecule has 20 heavy (non-hydrogen) atoms. The standard InChI is InChI=1S/C20H42/c1-12(2)14(5)16(7)18(9)20(11)19(10)17(8)15(6)13(3)4/h12-20H,1-11H3/t14-,15-,16-,17+,18?,19-,20?/m1/s1. The Balaban J connectivity index is 4.75. The highest BCUT2D eigenvalue weighted by atomic mass is 14.4. The van der Waals surface area contributed by atoms with Crippen LogP contribution in [0.1, 0.15) is 76.2 Å². The summed E-state index contributed by atoms with van der Waals surface area (Å²) in [5.41, 5.74) is 0. The molecule has 0 amide bonds. The molecule has 0 fully saturated rings. The molecule has 0 saturated carbocycles. The Morgan fingerprint density at radius 3 is 0.550 bits per heavy atom. The van der Waals surface area contributed by atoms with Crippen LogP contribution in [0.15, 0.2) is 0 Å². The van der Waals surface area contributed by atoms with Gasteiger partial charge in [-0.3, -0.25) is 0 Å². The molecule has 0 aliphatic rings. The molecule has 0 aliphatic carbocycles. The van der Waals surface area contributed by atoms with Gasteiger partial charge in [0.2, 0.25) is 0 Å². The van der Waals surface area contributed by atoms with Crippen LogP contribution in [0.2, 0.25) is 0 Å². The van der Waals surface area contributed by atoms with Crippen LogP contribution >= 0.6 is 0 Å². The second-order valence-electron chi connectivity index (χ2n) is 8.50. The molecule has 0 aromatic rings. The van der Waals surface area contributed by atoms with Gasteiger partial charge in [-0.1, -0.05) is 76.2 Å². The first-order chi connectivity index (χ1) is 9.02. The van der Waals surface area contributed by atoms with Crippen LogP contribution in [-0.4, -0.2) is 0 Å². The van der Waals surface area contributed by atoms with Crippen molar-refractivity contribution in [2.75, 3.05) is 0 Å². The second-order valence-corrected chi connectivity index (χ2v) is 8.50. The van der Waals surface area contributed by atoms with E-state index in [4.69, 9.17) is 0 Å². The maximum absolute atomic E-state index is 2.49. The van der Waals surface area contributed by atoms with Gasteiger partial charge < -0.3 is 0 Å². The van der Waals surface area contributed by atoms with Gasteiger partial charge in [0, 0.05) is 0 Å². The molecule has 0 heterocycles. The molecule has 0 aromatic heterocycles. The van der Waals surface area contributed by atoms with Gasteiger partial charge in [0.1, 0.15) is 0 Å². The van der Waals surface area contributed by atoms with Crippen LogP contribution in [0.3, 0.4) is 0 Å². The molecule has 0 nitrogen and oxygen atoms in total. The fraction of sp³-hybridized carbons (Fsp3) is 1.00. The number of hydrogen-bond acceptors (Lipinski definition) is 0. The van der Waals surface area contributed by atoms with Gasteiger partial charge in [0.05, 0.1) is 0 Å². The van der Waals surface area contributed by atoms with Gasteiger partial charge in [-0.15, -0.1) is 0 Å². The lowest BCUT2D eigenvalue weighted by Crippen LogP contribution is -2.33. The van der Waals surface area contributed by atoms with Crippen LogP contribution in [-0.2, 0) is 0 Å². The second kappa shape index (κ2) is 8.44. The first-order valence-electron chi connectivity index (χ1n) is 9.02. The average Bonchev–Trinajstić information content (AvgIpc) is 2.40. The van der Waals surface area contributed by atoms with Crippen LogP contribution in [0, 0.1) is 53.3 Å². The van der Waals surface area contributed by atoms with Crippen molar-refractivity contribution < 1.29 is 0 Å². The van der Waals surface area contributed by atoms with Crippen LogP contribution in [0.5, 0.6) is 0 Å². The van der Waals surface area contributed by atoms with E-state index in [9.17, 15) is 0 Å². The van der Waals surface area contributed by atoms with Crippen LogP contribution in [0.4, 0.5) is 0 Å². The lowest BCUT2D eigenvalue weighted by atomic mass is 9.66. The average molecular weight is 283 g/mol. The van der Waals surface area contributed by atoms with Gasteiger partial charge in [-0.25, -0.2) is 0 Å². The highest BCUT2D eigenvalue weighted by molar-refractivity contribution is 4.81. The van der Waals surface area contributed by atoms with Gasteiger partial charge in [0.15, 0.2) is 0 Å². The van der Waals surface area contributed by atoms with E-state index in [2.05, 4.69) is 76.2 Å². The summed E-state index contributed by atoms with van der Waals surface area (Å²) in [7, 11) is 0. The van der Waals surface area contributed by atoms with E-state index in [-0.39, 0.29) is 0 Å². The normalized spacial score (nSPS) is 23.2. The quantitative estimate of drug-likeness (QED) is 0.462. The smallest absolute Gasteiger partial charge is 0.0386 e. The van der Waals surface area contributed by atoms with Crippen molar-refractivity contribution in [1.82, 2.24) is 0 Å². The van der Waals surface area contributed by atoms with Crippen molar-refractivity contribution in [2.24, 2.45) is 53.3 Å². The molecule has 0 bridgehead atoms. The topological polar surface area (TPSA) is 0 Å². The maximum Gasteiger partial charge on any atom is -0.0386 e. The summed E-state index contributed by atoms with van der Waals surface area (Å²) >= 11 is 0. The van der Waals surface area contributed by atoms with Crippen LogP contribution in [0.25, 0.3) is 0 Å². The molecule has 0 aliphatic heterocycles. The Kier molecular flexibility index (Phi) is 8.44. The van der Waals surface area contributed by atoms with Crippen molar-refractivity contribution in [1.29, 1.82) is 0 Å². The Labute approximate surface area is 130 Å². The minimum Gasteiger partial charge on any atom is -0.0625 e. The molecule has 2 unspecified atom stereocenters. The maximum atomic E-state index is 2.49. The molecule has 0 saturated heterocycles. The molecule has 7 atom stereocenters. The van der Waals surface area contributed by atoms with Gasteiger partial charge in [-0.05, 0) is 53.3 Å². The van der Waals surface area contributed by atoms with E-state index < -0.39 is 0 Å². The van der Waals surface area contributed by atoms with E-state index in [0.29, 0.717) is 0 Å². The van der Waals surface area contributed by atoms with Gasteiger partial charge in [-0.2, -0.15) is 0 Å². The van der Waals surface area contributed by atoms with Crippen molar-refractivity contribution >= 4 is 0 Å². The molecule has 0 aromatic carbocycles. The fourth-order valence-corrected chi connectivity index (χ4v) is 3.61. The molecule has 0 radical (unpaired) electrons. The first-order valence-corrected chi connectivity index (χ1v) is 9.02. The summed E-state index contributed by atoms with van der Waals surface area (Å²) in [6, 6.07) is 0. The van der Waals surface area contributed by atoms with Crippen molar-refractivity contribution in [3.8, 4) is 0 Å². The lowest BCUT2D eigenvalue weighted by Gasteiger charge is -2.39. The Morgan fingerprint density at radius 1 is 0.250 bits per heavy atom. The minimum absolute atomic E-state index is 0.793. The molecule has 0 rings (SSSR count). The Morgan fingerprint density at radius 2 is 0.400 bits per heavy atom. The third-order valence-electron chi connectivity index (χ3n) is 7.08. The van der Waals surface area contributed by atoms with Crippen molar-refractivity contribution in [3.05, 3.63) is 0 Å². The third-order valence-corrected chi connectivity index (χ3v) is 7.08. The van der Waals surface area contributed by atoms with E-state index in [0.717, 1.165) is 53.3 Å². The summed E-state index contributed by atoms with van der Waals surface area (Å²) in [5, 5.41) is 0. The molecular formula is C20H42. The Bertz CT molecular complexity index is 227. The number of hydrogen-bond donors (Lipinski definition) is 0. The third kappa shape index (κ3) is 5.08. The highest BCUT2D eigenvalue weighted by Gasteiger charge is 2.32. The van der Waals surface area contributed by atoms with Gasteiger partial charge in [0.25, 0.3) is 0 Å². The van der Waals surface area contributed by atoms with E-state index >= 15 is 0 Å². The monoisotopic (exact) mass is 282 g/mol. The van der Waals surface area contributed by atoms with E-state index in [1.807, 2.05) is 0 Å². The summed E-state index contributed by atoms with van der Waals surface area (Å²) < 4.78 is 0. The zero-order valence-electron chi connectivity index (χ0n) is 16.2. The molecule has 0 heteroatoms. The predicted octanol–water partition coefficient (Wildman–Crippen LogP) is 6.75. The van der Waals surface area contributed by atoms with Crippen LogP contribution < -0.4 is 0 Å². The lowest BCUT2D eigenvalue weighted by molar-refractivity contribution is 0.0954. The number of rotatable bonds is 8. The summed E-state index contributed by atoms with van der Waals surface area (Å²) in [6.45, 7) is 26.7. The summed E-state index contributed by atoms with van der Waals surface area (Å²) in [5.74, 6) is 7.28. The van der Waals surface area contributed by atoms with Crippen molar-refractivity contribution in [3.63, 3.8) is 0 Å². The highest BCUT2D eigenvalue weighted by Crippen LogP contribution is 2.39. The minimum atomic E-state index is 0.793. The molecule has 0 N–H and O–H groups in total. The molecule has 0 spiro atoms. The summed E-state index contributed by atoms with van der Waals surface area (Å²) in [4.78, 5) is 0. The summed E-state index contributed by atoms with van der Waals surface area (Å²) in [6.07, 6.45) is 0.